The van der Waals surface area contributed by atoms with Gasteiger partial charge in [-0.1, -0.05) is 25.1 Å². The van der Waals surface area contributed by atoms with Crippen molar-refractivity contribution in [2.75, 3.05) is 16.1 Å². The van der Waals surface area contributed by atoms with Gasteiger partial charge >= 0.3 is 0 Å². The van der Waals surface area contributed by atoms with Crippen LogP contribution in [0.5, 0.6) is 0 Å². The number of benzene rings is 2. The number of hydrogen-bond donors (Lipinski definition) is 1. The first-order chi connectivity index (χ1) is 13.2. The fourth-order valence-electron chi connectivity index (χ4n) is 3.40. The summed E-state index contributed by atoms with van der Waals surface area (Å²) in [6, 6.07) is 15.5. The number of fused-ring (bicyclic) bond motifs is 3. The maximum absolute atomic E-state index is 12.7. The number of amides is 2. The van der Waals surface area contributed by atoms with E-state index in [0.29, 0.717) is 12.8 Å². The van der Waals surface area contributed by atoms with Crippen LogP contribution in [0.4, 0.5) is 11.4 Å². The van der Waals surface area contributed by atoms with Gasteiger partial charge in [-0.3, -0.25) is 9.59 Å². The van der Waals surface area contributed by atoms with E-state index in [4.69, 9.17) is 5.10 Å². The molecular weight excluding hydrogens is 358 g/mol. The molecule has 6 heteroatoms. The highest BCUT2D eigenvalue weighted by atomic mass is 32.2. The van der Waals surface area contributed by atoms with Crippen LogP contribution in [0.2, 0.25) is 0 Å². The van der Waals surface area contributed by atoms with Gasteiger partial charge in [0.15, 0.2) is 0 Å². The van der Waals surface area contributed by atoms with Gasteiger partial charge in [-0.2, -0.15) is 5.10 Å². The molecule has 2 aromatic carbocycles. The highest BCUT2D eigenvalue weighted by Gasteiger charge is 2.33. The zero-order valence-corrected chi connectivity index (χ0v) is 16.0. The maximum Gasteiger partial charge on any atom is 0.248 e. The number of rotatable bonds is 3. The van der Waals surface area contributed by atoms with Crippen LogP contribution in [0.25, 0.3) is 0 Å². The smallest absolute Gasteiger partial charge is 0.248 e. The SMILES string of the molecule is CCC(=O)Nc1ccc(N2N=C3c4ccccc4SCCC3CC2=O)cc1. The number of carbonyl (C=O) groups excluding carboxylic acids is 2. The van der Waals surface area contributed by atoms with E-state index in [-0.39, 0.29) is 17.7 Å². The van der Waals surface area contributed by atoms with Crippen LogP contribution in [0.3, 0.4) is 0 Å². The molecule has 27 heavy (non-hydrogen) atoms. The maximum atomic E-state index is 12.7. The molecule has 2 aromatic rings. The summed E-state index contributed by atoms with van der Waals surface area (Å²) >= 11 is 1.83. The molecule has 1 N–H and O–H groups in total. The Kier molecular flexibility index (Phi) is 4.99. The normalized spacial score (nSPS) is 18.9. The van der Waals surface area contributed by atoms with Crippen molar-refractivity contribution in [2.45, 2.75) is 31.1 Å². The molecule has 2 aliphatic rings. The molecule has 0 fully saturated rings. The van der Waals surface area contributed by atoms with Crippen molar-refractivity contribution in [1.29, 1.82) is 0 Å². The summed E-state index contributed by atoms with van der Waals surface area (Å²) in [6.07, 6.45) is 1.86. The number of thioether (sulfide) groups is 1. The van der Waals surface area contributed by atoms with Gasteiger partial charge in [0, 0.05) is 34.9 Å². The van der Waals surface area contributed by atoms with Crippen LogP contribution in [-0.4, -0.2) is 23.3 Å². The molecule has 0 aromatic heterocycles. The molecule has 2 heterocycles. The number of hydrogen-bond acceptors (Lipinski definition) is 4. The van der Waals surface area contributed by atoms with E-state index in [9.17, 15) is 9.59 Å². The van der Waals surface area contributed by atoms with Crippen molar-refractivity contribution in [3.8, 4) is 0 Å². The van der Waals surface area contributed by atoms with Crippen LogP contribution >= 0.6 is 11.8 Å². The molecule has 0 saturated carbocycles. The Hall–Kier alpha value is -2.60. The zero-order valence-electron chi connectivity index (χ0n) is 15.1. The third-order valence-electron chi connectivity index (χ3n) is 4.86. The zero-order chi connectivity index (χ0) is 18.8. The van der Waals surface area contributed by atoms with Gasteiger partial charge in [-0.05, 0) is 42.5 Å². The van der Waals surface area contributed by atoms with E-state index in [1.807, 2.05) is 43.0 Å². The lowest BCUT2D eigenvalue weighted by Gasteiger charge is -2.29. The van der Waals surface area contributed by atoms with E-state index >= 15 is 0 Å². The molecule has 4 rings (SSSR count). The quantitative estimate of drug-likeness (QED) is 0.865. The molecule has 0 spiro atoms. The fraction of sp³-hybridized carbons (Fsp3) is 0.286. The lowest BCUT2D eigenvalue weighted by atomic mass is 9.90. The second-order valence-corrected chi connectivity index (χ2v) is 7.81. The van der Waals surface area contributed by atoms with E-state index in [1.54, 1.807) is 12.1 Å². The van der Waals surface area contributed by atoms with Gasteiger partial charge in [0.2, 0.25) is 11.8 Å². The first kappa shape index (κ1) is 17.8. The van der Waals surface area contributed by atoms with Crippen LogP contribution in [0, 0.1) is 5.92 Å². The fourth-order valence-corrected chi connectivity index (χ4v) is 4.53. The summed E-state index contributed by atoms with van der Waals surface area (Å²) in [6.45, 7) is 1.81. The van der Waals surface area contributed by atoms with Crippen molar-refractivity contribution >= 4 is 40.7 Å². The third kappa shape index (κ3) is 3.62. The average molecular weight is 379 g/mol. The predicted octanol–water partition coefficient (Wildman–Crippen LogP) is 4.29. The number of hydrazone groups is 1. The minimum Gasteiger partial charge on any atom is -0.326 e. The Morgan fingerprint density at radius 3 is 2.78 bits per heavy atom. The molecule has 5 nitrogen and oxygen atoms in total. The molecule has 0 radical (unpaired) electrons. The Labute approximate surface area is 162 Å². The van der Waals surface area contributed by atoms with Gasteiger partial charge < -0.3 is 5.32 Å². The minimum absolute atomic E-state index is 0.0125. The minimum atomic E-state index is -0.0348. The molecule has 1 atom stereocenters. The van der Waals surface area contributed by atoms with E-state index < -0.39 is 0 Å². The summed E-state index contributed by atoms with van der Waals surface area (Å²) in [4.78, 5) is 25.5. The van der Waals surface area contributed by atoms with Crippen LogP contribution < -0.4 is 10.3 Å². The van der Waals surface area contributed by atoms with Gasteiger partial charge in [0.05, 0.1) is 11.4 Å². The Balaban J connectivity index is 1.67. The molecule has 2 aliphatic heterocycles. The van der Waals surface area contributed by atoms with E-state index in [2.05, 4.69) is 17.4 Å². The van der Waals surface area contributed by atoms with Crippen molar-refractivity contribution in [2.24, 2.45) is 11.0 Å². The topological polar surface area (TPSA) is 61.8 Å². The molecule has 0 aliphatic carbocycles. The summed E-state index contributed by atoms with van der Waals surface area (Å²) in [5.74, 6) is 1.15. The highest BCUT2D eigenvalue weighted by Crippen LogP contribution is 2.36. The molecule has 0 saturated heterocycles. The van der Waals surface area contributed by atoms with Crippen molar-refractivity contribution in [3.05, 3.63) is 54.1 Å². The van der Waals surface area contributed by atoms with Gasteiger partial charge in [-0.25, -0.2) is 5.01 Å². The first-order valence-electron chi connectivity index (χ1n) is 9.19. The Morgan fingerprint density at radius 1 is 1.22 bits per heavy atom. The highest BCUT2D eigenvalue weighted by molar-refractivity contribution is 7.99. The van der Waals surface area contributed by atoms with Gasteiger partial charge in [0.25, 0.3) is 0 Å². The summed E-state index contributed by atoms with van der Waals surface area (Å²) < 4.78 is 0. The molecule has 2 amide bonds. The second-order valence-electron chi connectivity index (χ2n) is 6.67. The van der Waals surface area contributed by atoms with Crippen molar-refractivity contribution < 1.29 is 9.59 Å². The Bertz CT molecular complexity index is 908. The average Bonchev–Trinajstić information content (AvgIpc) is 2.87. The molecule has 1 unspecified atom stereocenters. The van der Waals surface area contributed by atoms with E-state index in [0.717, 1.165) is 34.8 Å². The number of carbonyl (C=O) groups is 2. The van der Waals surface area contributed by atoms with Crippen molar-refractivity contribution in [3.63, 3.8) is 0 Å². The van der Waals surface area contributed by atoms with Crippen LogP contribution in [0.15, 0.2) is 58.5 Å². The lowest BCUT2D eigenvalue weighted by Crippen LogP contribution is -2.37. The molecular formula is C21H21N3O2S. The van der Waals surface area contributed by atoms with Gasteiger partial charge in [0.1, 0.15) is 0 Å². The largest absolute Gasteiger partial charge is 0.326 e. The number of nitrogens with zero attached hydrogens (tertiary/aromatic N) is 2. The summed E-state index contributed by atoms with van der Waals surface area (Å²) in [7, 11) is 0. The monoisotopic (exact) mass is 379 g/mol. The third-order valence-corrected chi connectivity index (χ3v) is 5.96. The predicted molar refractivity (Wildman–Crippen MR) is 109 cm³/mol. The number of anilines is 2. The number of nitrogens with one attached hydrogen (secondary N) is 1. The second kappa shape index (κ2) is 7.56. The van der Waals surface area contributed by atoms with Gasteiger partial charge in [-0.15, -0.1) is 11.8 Å². The lowest BCUT2D eigenvalue weighted by molar-refractivity contribution is -0.119. The summed E-state index contributed by atoms with van der Waals surface area (Å²) in [5, 5.41) is 9.09. The molecule has 0 bridgehead atoms. The summed E-state index contributed by atoms with van der Waals surface area (Å²) in [5.41, 5.74) is 3.57. The van der Waals surface area contributed by atoms with E-state index in [1.165, 1.54) is 9.90 Å². The van der Waals surface area contributed by atoms with Crippen LogP contribution in [-0.2, 0) is 9.59 Å². The Morgan fingerprint density at radius 2 is 2.00 bits per heavy atom. The first-order valence-corrected chi connectivity index (χ1v) is 10.2. The molecule has 138 valence electrons. The standard InChI is InChI=1S/C21H21N3O2S/c1-2-19(25)22-15-7-9-16(10-8-15)24-20(26)13-14-11-12-27-18-6-4-3-5-17(18)21(14)23-24/h3-10,14H,2,11-13H2,1H3,(H,22,25). The van der Waals surface area contributed by atoms with Crippen molar-refractivity contribution in [1.82, 2.24) is 0 Å². The van der Waals surface area contributed by atoms with Crippen LogP contribution in [0.1, 0.15) is 31.7 Å².